The average Bonchev–Trinajstić information content (AvgIpc) is 2.91. The molecule has 3 rings (SSSR count). The van der Waals surface area contributed by atoms with Gasteiger partial charge in [-0.05, 0) is 30.3 Å². The molecule has 4 nitrogen and oxygen atoms in total. The van der Waals surface area contributed by atoms with E-state index in [1.54, 1.807) is 42.5 Å². The van der Waals surface area contributed by atoms with Crippen LogP contribution >= 0.6 is 11.6 Å². The quantitative estimate of drug-likeness (QED) is 0.726. The molecule has 0 fully saturated rings. The Kier molecular flexibility index (Phi) is 3.38. The van der Waals surface area contributed by atoms with E-state index in [2.05, 4.69) is 10.3 Å². The van der Waals surface area contributed by atoms with Crippen molar-refractivity contribution >= 4 is 11.6 Å². The summed E-state index contributed by atoms with van der Waals surface area (Å²) in [5.41, 5.74) is 1.23. The summed E-state index contributed by atoms with van der Waals surface area (Å²) in [7, 11) is 0. The number of nitriles is 1. The van der Waals surface area contributed by atoms with Crippen molar-refractivity contribution in [2.24, 2.45) is 0 Å². The molecule has 1 aromatic heterocycles. The summed E-state index contributed by atoms with van der Waals surface area (Å²) in [6.45, 7) is 0. The van der Waals surface area contributed by atoms with Gasteiger partial charge in [0.25, 0.3) is 0 Å². The Morgan fingerprint density at radius 1 is 1.14 bits per heavy atom. The van der Waals surface area contributed by atoms with Crippen LogP contribution in [0.4, 0.5) is 4.39 Å². The van der Waals surface area contributed by atoms with Crippen LogP contribution in [0.2, 0.25) is 5.02 Å². The highest BCUT2D eigenvalue weighted by Gasteiger charge is 2.19. The van der Waals surface area contributed by atoms with Crippen LogP contribution < -0.4 is 0 Å². The third-order valence-electron chi connectivity index (χ3n) is 2.96. The molecule has 3 aromatic rings. The Morgan fingerprint density at radius 2 is 1.95 bits per heavy atom. The van der Waals surface area contributed by atoms with Gasteiger partial charge >= 0.3 is 0 Å². The van der Waals surface area contributed by atoms with Crippen molar-refractivity contribution in [1.29, 1.82) is 5.26 Å². The number of nitrogens with zero attached hydrogens (tertiary/aromatic N) is 4. The third kappa shape index (κ3) is 2.37. The summed E-state index contributed by atoms with van der Waals surface area (Å²) in [6, 6.07) is 15.0. The lowest BCUT2D eigenvalue weighted by atomic mass is 10.1. The van der Waals surface area contributed by atoms with Gasteiger partial charge in [0, 0.05) is 10.6 Å². The molecule has 0 amide bonds. The van der Waals surface area contributed by atoms with Crippen LogP contribution in [0.5, 0.6) is 0 Å². The first-order valence-electron chi connectivity index (χ1n) is 6.07. The van der Waals surface area contributed by atoms with Gasteiger partial charge in [0.2, 0.25) is 0 Å². The standard InChI is InChI=1S/C15H8ClFN4/c16-10-4-3-5-11(8-10)21-15(14(9-18)19-20-21)12-6-1-2-7-13(12)17/h1-8H. The fraction of sp³-hybridized carbons (Fsp3) is 0. The molecule has 0 N–H and O–H groups in total. The number of hydrogen-bond donors (Lipinski definition) is 0. The predicted molar refractivity (Wildman–Crippen MR) is 76.5 cm³/mol. The Morgan fingerprint density at radius 3 is 2.67 bits per heavy atom. The van der Waals surface area contributed by atoms with Crippen LogP contribution in [0.1, 0.15) is 5.69 Å². The van der Waals surface area contributed by atoms with E-state index in [9.17, 15) is 9.65 Å². The molecule has 0 aliphatic carbocycles. The maximum Gasteiger partial charge on any atom is 0.191 e. The molecular weight excluding hydrogens is 291 g/mol. The van der Waals surface area contributed by atoms with E-state index < -0.39 is 5.82 Å². The zero-order chi connectivity index (χ0) is 14.8. The van der Waals surface area contributed by atoms with E-state index in [0.717, 1.165) is 0 Å². The molecule has 0 atom stereocenters. The molecule has 0 unspecified atom stereocenters. The summed E-state index contributed by atoms with van der Waals surface area (Å²) in [4.78, 5) is 0. The van der Waals surface area contributed by atoms with E-state index in [4.69, 9.17) is 11.6 Å². The van der Waals surface area contributed by atoms with Crippen molar-refractivity contribution in [1.82, 2.24) is 15.0 Å². The second-order valence-corrected chi connectivity index (χ2v) is 4.71. The number of halogens is 2. The van der Waals surface area contributed by atoms with Crippen molar-refractivity contribution in [3.63, 3.8) is 0 Å². The lowest BCUT2D eigenvalue weighted by Gasteiger charge is -2.07. The van der Waals surface area contributed by atoms with Gasteiger partial charge in [0.05, 0.1) is 5.69 Å². The van der Waals surface area contributed by atoms with E-state index in [-0.39, 0.29) is 11.3 Å². The van der Waals surface area contributed by atoms with Gasteiger partial charge in [-0.1, -0.05) is 35.0 Å². The Labute approximate surface area is 125 Å². The Bertz CT molecular complexity index is 851. The number of benzene rings is 2. The van der Waals surface area contributed by atoms with Crippen molar-refractivity contribution in [2.45, 2.75) is 0 Å². The van der Waals surface area contributed by atoms with Crippen LogP contribution in [-0.4, -0.2) is 15.0 Å². The van der Waals surface area contributed by atoms with Gasteiger partial charge in [-0.3, -0.25) is 0 Å². The van der Waals surface area contributed by atoms with Crippen molar-refractivity contribution < 1.29 is 4.39 Å². The van der Waals surface area contributed by atoms with E-state index >= 15 is 0 Å². The van der Waals surface area contributed by atoms with Crippen LogP contribution in [0.25, 0.3) is 16.9 Å². The molecule has 1 heterocycles. The Hall–Kier alpha value is -2.71. The number of hydrogen-bond acceptors (Lipinski definition) is 3. The van der Waals surface area contributed by atoms with Crippen LogP contribution in [-0.2, 0) is 0 Å². The third-order valence-corrected chi connectivity index (χ3v) is 3.19. The molecule has 0 aliphatic rings. The summed E-state index contributed by atoms with van der Waals surface area (Å²) in [5, 5.41) is 17.4. The molecule has 0 radical (unpaired) electrons. The Balaban J connectivity index is 2.28. The van der Waals surface area contributed by atoms with Gasteiger partial charge in [0.15, 0.2) is 5.69 Å². The zero-order valence-electron chi connectivity index (χ0n) is 10.7. The maximum absolute atomic E-state index is 14.0. The average molecular weight is 299 g/mol. The molecule has 0 saturated carbocycles. The van der Waals surface area contributed by atoms with Gasteiger partial charge in [0.1, 0.15) is 17.6 Å². The van der Waals surface area contributed by atoms with Crippen molar-refractivity contribution in [3.05, 3.63) is 65.1 Å². The molecule has 2 aromatic carbocycles. The van der Waals surface area contributed by atoms with Gasteiger partial charge in [-0.2, -0.15) is 5.26 Å². The predicted octanol–water partition coefficient (Wildman–Crippen LogP) is 3.60. The molecule has 6 heteroatoms. The molecule has 0 spiro atoms. The summed E-state index contributed by atoms with van der Waals surface area (Å²) in [5.74, 6) is -0.445. The monoisotopic (exact) mass is 298 g/mol. The zero-order valence-corrected chi connectivity index (χ0v) is 11.4. The molecule has 102 valence electrons. The first-order chi connectivity index (χ1) is 10.2. The van der Waals surface area contributed by atoms with Gasteiger partial charge in [-0.15, -0.1) is 5.10 Å². The highest BCUT2D eigenvalue weighted by Crippen LogP contribution is 2.27. The van der Waals surface area contributed by atoms with Crippen LogP contribution in [0.15, 0.2) is 48.5 Å². The summed E-state index contributed by atoms with van der Waals surface area (Å²) >= 11 is 5.96. The SMILES string of the molecule is N#Cc1nnn(-c2cccc(Cl)c2)c1-c1ccccc1F. The molecular formula is C15H8ClFN4. The molecule has 0 bridgehead atoms. The number of rotatable bonds is 2. The fourth-order valence-electron chi connectivity index (χ4n) is 2.04. The topological polar surface area (TPSA) is 54.5 Å². The van der Waals surface area contributed by atoms with E-state index in [1.807, 2.05) is 6.07 Å². The second-order valence-electron chi connectivity index (χ2n) is 4.27. The number of aromatic nitrogens is 3. The van der Waals surface area contributed by atoms with E-state index in [0.29, 0.717) is 16.4 Å². The highest BCUT2D eigenvalue weighted by molar-refractivity contribution is 6.30. The smallest absolute Gasteiger partial charge is 0.191 e. The van der Waals surface area contributed by atoms with Gasteiger partial charge in [-0.25, -0.2) is 9.07 Å². The van der Waals surface area contributed by atoms with Crippen LogP contribution in [0, 0.1) is 17.1 Å². The minimum absolute atomic E-state index is 0.0556. The summed E-state index contributed by atoms with van der Waals surface area (Å²) < 4.78 is 15.4. The maximum atomic E-state index is 14.0. The molecule has 0 saturated heterocycles. The van der Waals surface area contributed by atoms with Crippen molar-refractivity contribution in [3.8, 4) is 23.0 Å². The van der Waals surface area contributed by atoms with Gasteiger partial charge < -0.3 is 0 Å². The van der Waals surface area contributed by atoms with E-state index in [1.165, 1.54) is 10.7 Å². The minimum atomic E-state index is -0.445. The first kappa shape index (κ1) is 13.3. The molecule has 0 aliphatic heterocycles. The fourth-order valence-corrected chi connectivity index (χ4v) is 2.23. The minimum Gasteiger partial charge on any atom is -0.211 e. The normalized spacial score (nSPS) is 10.3. The van der Waals surface area contributed by atoms with Crippen molar-refractivity contribution in [2.75, 3.05) is 0 Å². The summed E-state index contributed by atoms with van der Waals surface area (Å²) in [6.07, 6.45) is 0. The van der Waals surface area contributed by atoms with Crippen LogP contribution in [0.3, 0.4) is 0 Å². The highest BCUT2D eigenvalue weighted by atomic mass is 35.5. The lowest BCUT2D eigenvalue weighted by Crippen LogP contribution is -2.01. The first-order valence-corrected chi connectivity index (χ1v) is 6.45. The lowest BCUT2D eigenvalue weighted by molar-refractivity contribution is 0.629. The largest absolute Gasteiger partial charge is 0.211 e. The molecule has 21 heavy (non-hydrogen) atoms. The second kappa shape index (κ2) is 5.35.